The van der Waals surface area contributed by atoms with Crippen LogP contribution in [0.4, 0.5) is 0 Å². The highest BCUT2D eigenvalue weighted by Gasteiger charge is 2.25. The van der Waals surface area contributed by atoms with E-state index in [2.05, 4.69) is 33.0 Å². The molecule has 1 fully saturated rings. The van der Waals surface area contributed by atoms with Gasteiger partial charge in [-0.05, 0) is 31.2 Å². The molecule has 108 valence electrons. The average molecular weight is 280 g/mol. The summed E-state index contributed by atoms with van der Waals surface area (Å²) in [6.07, 6.45) is 5.47. The molecule has 0 aromatic carbocycles. The molecule has 1 aliphatic rings. The fourth-order valence-electron chi connectivity index (χ4n) is 3.03. The van der Waals surface area contributed by atoms with Crippen LogP contribution in [-0.4, -0.2) is 11.5 Å². The van der Waals surface area contributed by atoms with Gasteiger partial charge in [-0.15, -0.1) is 11.3 Å². The van der Waals surface area contributed by atoms with Crippen LogP contribution >= 0.6 is 11.3 Å². The van der Waals surface area contributed by atoms with Crippen LogP contribution in [0.1, 0.15) is 80.8 Å². The topological polar surface area (TPSA) is 24.9 Å². The molecule has 1 aromatic heterocycles. The molecule has 2 nitrogen and oxygen atoms in total. The van der Waals surface area contributed by atoms with Crippen LogP contribution in [0.2, 0.25) is 0 Å². The van der Waals surface area contributed by atoms with Crippen molar-refractivity contribution in [2.45, 2.75) is 71.8 Å². The van der Waals surface area contributed by atoms with Gasteiger partial charge in [0.05, 0.1) is 10.7 Å². The monoisotopic (exact) mass is 280 g/mol. The summed E-state index contributed by atoms with van der Waals surface area (Å²) >= 11 is 1.96. The summed E-state index contributed by atoms with van der Waals surface area (Å²) in [7, 11) is 0. The second-order valence-electron chi connectivity index (χ2n) is 6.26. The number of nitrogens with one attached hydrogen (secondary N) is 1. The Morgan fingerprint density at radius 2 is 2.16 bits per heavy atom. The van der Waals surface area contributed by atoms with Crippen molar-refractivity contribution in [3.63, 3.8) is 0 Å². The predicted octanol–water partition coefficient (Wildman–Crippen LogP) is 4.67. The third-order valence-corrected chi connectivity index (χ3v) is 5.35. The smallest absolute Gasteiger partial charge is 0.0962 e. The number of thiazole rings is 1. The fraction of sp³-hybridized carbons (Fsp3) is 0.812. The average Bonchev–Trinajstić information content (AvgIpc) is 2.80. The van der Waals surface area contributed by atoms with Crippen LogP contribution in [0.5, 0.6) is 0 Å². The normalized spacial score (nSPS) is 24.1. The Kier molecular flexibility index (Phi) is 5.40. The van der Waals surface area contributed by atoms with Crippen LogP contribution in [0.3, 0.4) is 0 Å². The number of nitrogens with zero attached hydrogens (tertiary/aromatic N) is 1. The van der Waals surface area contributed by atoms with Crippen molar-refractivity contribution < 1.29 is 0 Å². The predicted molar refractivity (Wildman–Crippen MR) is 84.0 cm³/mol. The molecule has 1 saturated carbocycles. The summed E-state index contributed by atoms with van der Waals surface area (Å²) in [4.78, 5) is 6.46. The van der Waals surface area contributed by atoms with Crippen molar-refractivity contribution in [3.8, 4) is 0 Å². The Morgan fingerprint density at radius 3 is 2.79 bits per heavy atom. The van der Waals surface area contributed by atoms with Crippen molar-refractivity contribution in [1.82, 2.24) is 10.3 Å². The van der Waals surface area contributed by atoms with Gasteiger partial charge in [0, 0.05) is 17.3 Å². The lowest BCUT2D eigenvalue weighted by molar-refractivity contribution is 0.343. The van der Waals surface area contributed by atoms with Crippen molar-refractivity contribution in [1.29, 1.82) is 0 Å². The van der Waals surface area contributed by atoms with Crippen LogP contribution in [0.25, 0.3) is 0 Å². The zero-order valence-electron chi connectivity index (χ0n) is 12.8. The van der Waals surface area contributed by atoms with Crippen molar-refractivity contribution in [2.75, 3.05) is 6.54 Å². The highest BCUT2D eigenvalue weighted by atomic mass is 32.1. The van der Waals surface area contributed by atoms with E-state index in [0.717, 1.165) is 24.9 Å². The minimum absolute atomic E-state index is 0.541. The highest BCUT2D eigenvalue weighted by Crippen LogP contribution is 2.39. The molecular weight excluding hydrogens is 252 g/mol. The summed E-state index contributed by atoms with van der Waals surface area (Å²) in [6, 6.07) is 0. The number of hydrogen-bond acceptors (Lipinski definition) is 3. The summed E-state index contributed by atoms with van der Waals surface area (Å²) in [5.41, 5.74) is 1.33. The maximum absolute atomic E-state index is 5.00. The van der Waals surface area contributed by atoms with Gasteiger partial charge in [0.25, 0.3) is 0 Å². The SMILES string of the molecule is CCNCc1sc(C2CCCC(C)C2)nc1C(C)C. The Balaban J connectivity index is 2.16. The van der Waals surface area contributed by atoms with Gasteiger partial charge < -0.3 is 5.32 Å². The molecule has 0 amide bonds. The summed E-state index contributed by atoms with van der Waals surface area (Å²) in [5, 5.41) is 4.86. The number of hydrogen-bond donors (Lipinski definition) is 1. The molecule has 2 rings (SSSR count). The Bertz CT molecular complexity index is 397. The molecule has 0 radical (unpaired) electrons. The quantitative estimate of drug-likeness (QED) is 0.848. The van der Waals surface area contributed by atoms with Crippen LogP contribution in [-0.2, 0) is 6.54 Å². The molecule has 1 heterocycles. The van der Waals surface area contributed by atoms with Gasteiger partial charge >= 0.3 is 0 Å². The van der Waals surface area contributed by atoms with E-state index in [1.54, 1.807) is 0 Å². The van der Waals surface area contributed by atoms with Crippen LogP contribution < -0.4 is 5.32 Å². The first-order chi connectivity index (χ1) is 9.11. The van der Waals surface area contributed by atoms with E-state index in [1.165, 1.54) is 41.3 Å². The van der Waals surface area contributed by atoms with Crippen molar-refractivity contribution in [3.05, 3.63) is 15.6 Å². The van der Waals surface area contributed by atoms with Crippen molar-refractivity contribution in [2.24, 2.45) is 5.92 Å². The van der Waals surface area contributed by atoms with E-state index >= 15 is 0 Å². The molecule has 19 heavy (non-hydrogen) atoms. The van der Waals surface area contributed by atoms with Gasteiger partial charge in [0.2, 0.25) is 0 Å². The first-order valence-corrected chi connectivity index (χ1v) is 8.63. The summed E-state index contributed by atoms with van der Waals surface area (Å²) in [6.45, 7) is 11.1. The first kappa shape index (κ1) is 15.0. The third kappa shape index (κ3) is 3.79. The minimum atomic E-state index is 0.541. The van der Waals surface area contributed by atoms with E-state index in [0.29, 0.717) is 5.92 Å². The van der Waals surface area contributed by atoms with Crippen molar-refractivity contribution >= 4 is 11.3 Å². The molecule has 1 aliphatic carbocycles. The molecule has 0 spiro atoms. The lowest BCUT2D eigenvalue weighted by Crippen LogP contribution is -2.12. The van der Waals surface area contributed by atoms with E-state index in [9.17, 15) is 0 Å². The van der Waals surface area contributed by atoms with Gasteiger partial charge in [0.1, 0.15) is 0 Å². The van der Waals surface area contributed by atoms with E-state index < -0.39 is 0 Å². The number of aromatic nitrogens is 1. The highest BCUT2D eigenvalue weighted by molar-refractivity contribution is 7.11. The summed E-state index contributed by atoms with van der Waals surface area (Å²) < 4.78 is 0. The maximum Gasteiger partial charge on any atom is 0.0962 e. The lowest BCUT2D eigenvalue weighted by Gasteiger charge is -2.24. The molecule has 2 atom stereocenters. The van der Waals surface area contributed by atoms with Gasteiger partial charge in [-0.1, -0.05) is 40.5 Å². The Morgan fingerprint density at radius 1 is 1.37 bits per heavy atom. The molecule has 0 bridgehead atoms. The zero-order valence-corrected chi connectivity index (χ0v) is 13.6. The van der Waals surface area contributed by atoms with E-state index in [1.807, 2.05) is 11.3 Å². The van der Waals surface area contributed by atoms with Gasteiger partial charge in [0.15, 0.2) is 0 Å². The summed E-state index contributed by atoms with van der Waals surface area (Å²) in [5.74, 6) is 2.14. The number of rotatable bonds is 5. The minimum Gasteiger partial charge on any atom is -0.312 e. The zero-order chi connectivity index (χ0) is 13.8. The standard InChI is InChI=1S/C16H28N2S/c1-5-17-10-14-15(11(2)3)18-16(19-14)13-8-6-7-12(4)9-13/h11-13,17H,5-10H2,1-4H3. The van der Waals surface area contributed by atoms with E-state index in [4.69, 9.17) is 4.98 Å². The molecule has 3 heteroatoms. The fourth-order valence-corrected chi connectivity index (χ4v) is 4.37. The molecule has 0 aliphatic heterocycles. The van der Waals surface area contributed by atoms with Crippen LogP contribution in [0.15, 0.2) is 0 Å². The third-order valence-electron chi connectivity index (χ3n) is 4.11. The second kappa shape index (κ2) is 6.85. The first-order valence-electron chi connectivity index (χ1n) is 7.82. The van der Waals surface area contributed by atoms with Crippen LogP contribution in [0, 0.1) is 5.92 Å². The Hall–Kier alpha value is -0.410. The van der Waals surface area contributed by atoms with E-state index in [-0.39, 0.29) is 0 Å². The molecular formula is C16H28N2S. The van der Waals surface area contributed by atoms with Gasteiger partial charge in [-0.25, -0.2) is 4.98 Å². The largest absolute Gasteiger partial charge is 0.312 e. The molecule has 2 unspecified atom stereocenters. The van der Waals surface area contributed by atoms with Gasteiger partial charge in [-0.3, -0.25) is 0 Å². The maximum atomic E-state index is 5.00. The Labute approximate surface area is 122 Å². The lowest BCUT2D eigenvalue weighted by atomic mass is 9.83. The molecule has 1 aromatic rings. The van der Waals surface area contributed by atoms with Gasteiger partial charge in [-0.2, -0.15) is 0 Å². The molecule has 0 saturated heterocycles. The second-order valence-corrected chi connectivity index (χ2v) is 7.38. The molecule has 1 N–H and O–H groups in total.